The summed E-state index contributed by atoms with van der Waals surface area (Å²) in [6.45, 7) is 0.457. The summed E-state index contributed by atoms with van der Waals surface area (Å²) in [6.07, 6.45) is 0.261. The van der Waals surface area contributed by atoms with E-state index in [1.165, 1.54) is 0 Å². The fourth-order valence-electron chi connectivity index (χ4n) is 2.77. The van der Waals surface area contributed by atoms with Crippen LogP contribution in [0.3, 0.4) is 0 Å². The molecule has 0 radical (unpaired) electrons. The van der Waals surface area contributed by atoms with Gasteiger partial charge in [-0.05, 0) is 43.9 Å². The Morgan fingerprint density at radius 3 is 2.33 bits per heavy atom. The minimum atomic E-state index is -0.157. The van der Waals surface area contributed by atoms with Gasteiger partial charge in [0.2, 0.25) is 5.91 Å². The summed E-state index contributed by atoms with van der Waals surface area (Å²) in [6, 6.07) is 14.7. The number of likely N-dealkylation sites (N-methyl/N-ethyl adjacent to an activating group) is 1. The van der Waals surface area contributed by atoms with Gasteiger partial charge in [0.25, 0.3) is 0 Å². The van der Waals surface area contributed by atoms with Crippen LogP contribution >= 0.6 is 11.6 Å². The van der Waals surface area contributed by atoms with E-state index in [0.29, 0.717) is 17.1 Å². The molecule has 144 valence electrons. The van der Waals surface area contributed by atoms with Gasteiger partial charge in [0.15, 0.2) is 5.78 Å². The fraction of sp³-hybridized carbons (Fsp3) is 0.333. The molecule has 0 bridgehead atoms. The van der Waals surface area contributed by atoms with Gasteiger partial charge in [0.1, 0.15) is 5.75 Å². The van der Waals surface area contributed by atoms with Crippen molar-refractivity contribution in [1.82, 2.24) is 10.2 Å². The number of amides is 1. The van der Waals surface area contributed by atoms with E-state index in [0.717, 1.165) is 11.3 Å². The zero-order chi connectivity index (χ0) is 19.8. The zero-order valence-corrected chi connectivity index (χ0v) is 16.6. The number of carbonyl (C=O) groups is 2. The summed E-state index contributed by atoms with van der Waals surface area (Å²) >= 11 is 6.03. The predicted molar refractivity (Wildman–Crippen MR) is 107 cm³/mol. The monoisotopic (exact) mass is 388 g/mol. The third kappa shape index (κ3) is 6.08. The average Bonchev–Trinajstić information content (AvgIpc) is 2.67. The van der Waals surface area contributed by atoms with E-state index in [2.05, 4.69) is 5.32 Å². The van der Waals surface area contributed by atoms with Crippen molar-refractivity contribution in [3.05, 3.63) is 64.7 Å². The van der Waals surface area contributed by atoms with Crippen LogP contribution in [0.5, 0.6) is 5.75 Å². The van der Waals surface area contributed by atoms with Crippen LogP contribution in [0.1, 0.15) is 34.8 Å². The number of methoxy groups -OCH3 is 1. The van der Waals surface area contributed by atoms with Gasteiger partial charge in [0, 0.05) is 24.9 Å². The summed E-state index contributed by atoms with van der Waals surface area (Å²) in [7, 11) is 5.55. The lowest BCUT2D eigenvalue weighted by Gasteiger charge is -2.25. The second kappa shape index (κ2) is 10.1. The zero-order valence-electron chi connectivity index (χ0n) is 15.9. The smallest absolute Gasteiger partial charge is 0.220 e. The Kier molecular flexibility index (Phi) is 7.82. The Morgan fingerprint density at radius 1 is 1.07 bits per heavy atom. The highest BCUT2D eigenvalue weighted by Crippen LogP contribution is 2.21. The van der Waals surface area contributed by atoms with Crippen LogP contribution in [-0.2, 0) is 4.79 Å². The van der Waals surface area contributed by atoms with E-state index in [9.17, 15) is 9.59 Å². The third-order valence-corrected chi connectivity index (χ3v) is 4.70. The molecule has 0 aliphatic carbocycles. The number of ether oxygens (including phenoxy) is 1. The van der Waals surface area contributed by atoms with Crippen LogP contribution in [-0.4, -0.2) is 44.3 Å². The normalized spacial score (nSPS) is 11.9. The molecule has 2 rings (SSSR count). The van der Waals surface area contributed by atoms with E-state index in [-0.39, 0.29) is 30.6 Å². The van der Waals surface area contributed by atoms with Gasteiger partial charge < -0.3 is 15.0 Å². The van der Waals surface area contributed by atoms with Gasteiger partial charge in [-0.3, -0.25) is 9.59 Å². The number of Topliss-reactive ketones (excluding diaryl/α,β-unsaturated/α-hetero) is 1. The number of nitrogens with zero attached hydrogens (tertiary/aromatic N) is 1. The van der Waals surface area contributed by atoms with Crippen molar-refractivity contribution in [2.45, 2.75) is 18.9 Å². The number of hydrogen-bond acceptors (Lipinski definition) is 4. The fourth-order valence-corrected chi connectivity index (χ4v) is 3.01. The van der Waals surface area contributed by atoms with Gasteiger partial charge in [-0.2, -0.15) is 0 Å². The molecule has 1 N–H and O–H groups in total. The van der Waals surface area contributed by atoms with Crippen molar-refractivity contribution < 1.29 is 14.3 Å². The number of nitrogens with one attached hydrogen (secondary N) is 1. The molecular formula is C21H25ClN2O3. The van der Waals surface area contributed by atoms with E-state index in [1.807, 2.05) is 43.3 Å². The average molecular weight is 389 g/mol. The first-order valence-corrected chi connectivity index (χ1v) is 9.15. The highest BCUT2D eigenvalue weighted by Gasteiger charge is 2.17. The maximum atomic E-state index is 12.2. The number of rotatable bonds is 9. The Bertz CT molecular complexity index is 775. The Balaban J connectivity index is 1.88. The Hall–Kier alpha value is -2.37. The molecule has 2 aromatic rings. The lowest BCUT2D eigenvalue weighted by atomic mass is 10.0. The van der Waals surface area contributed by atoms with Crippen molar-refractivity contribution in [2.24, 2.45) is 0 Å². The lowest BCUT2D eigenvalue weighted by Crippen LogP contribution is -2.34. The summed E-state index contributed by atoms with van der Waals surface area (Å²) in [5.41, 5.74) is 1.53. The van der Waals surface area contributed by atoms with Crippen molar-refractivity contribution in [2.75, 3.05) is 27.7 Å². The molecule has 0 heterocycles. The molecule has 1 unspecified atom stereocenters. The number of benzene rings is 2. The number of ketones is 1. The molecular weight excluding hydrogens is 364 g/mol. The molecule has 2 aromatic carbocycles. The quantitative estimate of drug-likeness (QED) is 0.665. The van der Waals surface area contributed by atoms with Crippen molar-refractivity contribution in [1.29, 1.82) is 0 Å². The van der Waals surface area contributed by atoms with Gasteiger partial charge in [0.05, 0.1) is 18.2 Å². The second-order valence-corrected chi connectivity index (χ2v) is 6.87. The van der Waals surface area contributed by atoms with Crippen molar-refractivity contribution in [3.8, 4) is 5.75 Å². The lowest BCUT2D eigenvalue weighted by molar-refractivity contribution is -0.121. The van der Waals surface area contributed by atoms with Gasteiger partial charge in [-0.15, -0.1) is 0 Å². The molecule has 0 aromatic heterocycles. The van der Waals surface area contributed by atoms with Crippen molar-refractivity contribution in [3.63, 3.8) is 0 Å². The molecule has 0 aliphatic rings. The first-order valence-electron chi connectivity index (χ1n) is 8.77. The molecule has 0 aliphatic heterocycles. The van der Waals surface area contributed by atoms with E-state index in [1.54, 1.807) is 31.4 Å². The van der Waals surface area contributed by atoms with Crippen LogP contribution in [0.4, 0.5) is 0 Å². The van der Waals surface area contributed by atoms with E-state index in [4.69, 9.17) is 16.3 Å². The molecule has 0 saturated carbocycles. The van der Waals surface area contributed by atoms with Crippen LogP contribution < -0.4 is 10.1 Å². The predicted octanol–water partition coefficient (Wildman–Crippen LogP) is 3.73. The first kappa shape index (κ1) is 20.9. The molecule has 0 spiro atoms. The largest absolute Gasteiger partial charge is 0.497 e. The molecule has 6 heteroatoms. The SMILES string of the molecule is COc1ccc(C(CNC(=O)CCC(=O)c2ccccc2Cl)N(C)C)cc1. The molecule has 27 heavy (non-hydrogen) atoms. The standard InChI is InChI=1S/C21H25ClN2O3/c1-24(2)19(15-8-10-16(27-3)11-9-15)14-23-21(26)13-12-20(25)17-6-4-5-7-18(17)22/h4-11,19H,12-14H2,1-3H3,(H,23,26). The highest BCUT2D eigenvalue weighted by atomic mass is 35.5. The number of halogens is 1. The van der Waals surface area contributed by atoms with Crippen LogP contribution in [0.15, 0.2) is 48.5 Å². The summed E-state index contributed by atoms with van der Waals surface area (Å²) < 4.78 is 5.18. The third-order valence-electron chi connectivity index (χ3n) is 4.37. The van der Waals surface area contributed by atoms with E-state index >= 15 is 0 Å². The van der Waals surface area contributed by atoms with Crippen molar-refractivity contribution >= 4 is 23.3 Å². The molecule has 1 amide bonds. The van der Waals surface area contributed by atoms with Gasteiger partial charge >= 0.3 is 0 Å². The van der Waals surface area contributed by atoms with E-state index < -0.39 is 0 Å². The minimum Gasteiger partial charge on any atom is -0.497 e. The van der Waals surface area contributed by atoms with Gasteiger partial charge in [-0.25, -0.2) is 0 Å². The maximum Gasteiger partial charge on any atom is 0.220 e. The summed E-state index contributed by atoms with van der Waals surface area (Å²) in [5.74, 6) is 0.504. The van der Waals surface area contributed by atoms with Crippen LogP contribution in [0.25, 0.3) is 0 Å². The Morgan fingerprint density at radius 2 is 1.74 bits per heavy atom. The maximum absolute atomic E-state index is 12.2. The summed E-state index contributed by atoms with van der Waals surface area (Å²) in [5, 5.41) is 3.33. The van der Waals surface area contributed by atoms with Gasteiger partial charge in [-0.1, -0.05) is 35.9 Å². The number of hydrogen-bond donors (Lipinski definition) is 1. The number of carbonyl (C=O) groups excluding carboxylic acids is 2. The Labute approximate surface area is 165 Å². The van der Waals surface area contributed by atoms with Crippen LogP contribution in [0.2, 0.25) is 5.02 Å². The minimum absolute atomic E-state index is 0.0270. The first-order chi connectivity index (χ1) is 12.9. The highest BCUT2D eigenvalue weighted by molar-refractivity contribution is 6.34. The molecule has 1 atom stereocenters. The second-order valence-electron chi connectivity index (χ2n) is 6.46. The summed E-state index contributed by atoms with van der Waals surface area (Å²) in [4.78, 5) is 26.4. The molecule has 5 nitrogen and oxygen atoms in total. The van der Waals surface area contributed by atoms with Crippen LogP contribution in [0, 0.1) is 0 Å². The molecule has 0 fully saturated rings. The molecule has 0 saturated heterocycles. The topological polar surface area (TPSA) is 58.6 Å².